The maximum Gasteiger partial charge on any atom is 0.336 e. The molecule has 7 heteroatoms. The number of carboxylic acid groups (broad SMARTS) is 1. The van der Waals surface area contributed by atoms with Crippen molar-refractivity contribution in [2.24, 2.45) is 23.7 Å². The van der Waals surface area contributed by atoms with Crippen LogP contribution in [0.4, 0.5) is 11.4 Å². The lowest BCUT2D eigenvalue weighted by atomic mass is 9.81. The van der Waals surface area contributed by atoms with E-state index >= 15 is 0 Å². The molecule has 0 unspecified atom stereocenters. The van der Waals surface area contributed by atoms with Gasteiger partial charge in [-0.1, -0.05) is 12.1 Å². The van der Waals surface area contributed by atoms with Crippen molar-refractivity contribution < 1.29 is 24.3 Å². The highest BCUT2D eigenvalue weighted by molar-refractivity contribution is 6.22. The van der Waals surface area contributed by atoms with E-state index in [1.54, 1.807) is 36.4 Å². The summed E-state index contributed by atoms with van der Waals surface area (Å²) < 4.78 is 0. The average molecular weight is 404 g/mol. The van der Waals surface area contributed by atoms with Gasteiger partial charge in [0.1, 0.15) is 0 Å². The number of hydrogen-bond acceptors (Lipinski definition) is 4. The topological polar surface area (TPSA) is 104 Å². The van der Waals surface area contributed by atoms with Gasteiger partial charge in [0.25, 0.3) is 5.91 Å². The molecule has 2 bridgehead atoms. The summed E-state index contributed by atoms with van der Waals surface area (Å²) in [5.41, 5.74) is 0.925. The van der Waals surface area contributed by atoms with Crippen molar-refractivity contribution in [2.45, 2.75) is 19.3 Å². The first-order valence-corrected chi connectivity index (χ1v) is 10.1. The molecule has 2 N–H and O–H groups in total. The van der Waals surface area contributed by atoms with Crippen molar-refractivity contribution in [2.75, 3.05) is 10.2 Å². The Bertz CT molecular complexity index is 1050. The van der Waals surface area contributed by atoms with Gasteiger partial charge < -0.3 is 10.4 Å². The average Bonchev–Trinajstić information content (AvgIpc) is 3.42. The van der Waals surface area contributed by atoms with Crippen LogP contribution in [0, 0.1) is 23.7 Å². The molecule has 152 valence electrons. The van der Waals surface area contributed by atoms with Crippen LogP contribution >= 0.6 is 0 Å². The number of anilines is 2. The fourth-order valence-electron chi connectivity index (χ4n) is 5.42. The van der Waals surface area contributed by atoms with Crippen molar-refractivity contribution in [3.63, 3.8) is 0 Å². The lowest BCUT2D eigenvalue weighted by molar-refractivity contribution is -0.123. The number of amides is 3. The third kappa shape index (κ3) is 2.73. The quantitative estimate of drug-likeness (QED) is 0.762. The first-order chi connectivity index (χ1) is 14.5. The second-order valence-corrected chi connectivity index (χ2v) is 8.25. The van der Waals surface area contributed by atoms with Crippen LogP contribution in [0.15, 0.2) is 48.5 Å². The Morgan fingerprint density at radius 1 is 0.867 bits per heavy atom. The number of nitrogens with one attached hydrogen (secondary N) is 1. The molecule has 3 fully saturated rings. The summed E-state index contributed by atoms with van der Waals surface area (Å²) in [6, 6.07) is 12.5. The van der Waals surface area contributed by atoms with Gasteiger partial charge in [0.2, 0.25) is 11.8 Å². The van der Waals surface area contributed by atoms with Gasteiger partial charge in [-0.2, -0.15) is 0 Å². The molecule has 2 aromatic rings. The third-order valence-electron chi connectivity index (χ3n) is 6.71. The van der Waals surface area contributed by atoms with Crippen LogP contribution in [0.25, 0.3) is 0 Å². The summed E-state index contributed by atoms with van der Waals surface area (Å²) in [4.78, 5) is 50.9. The standard InChI is InChI=1S/C23H20N2O5/c26-20(16-3-1-2-4-17(16)23(29)30)24-14-7-9-15(10-8-14)25-21(27)18-12-5-6-13(11-12)19(18)22(25)28/h1-4,7-10,12-13,18-19H,5-6,11H2,(H,24,26)(H,29,30)/t12-,13+,18-,19+. The molecule has 5 rings (SSSR count). The molecule has 2 aromatic carbocycles. The van der Waals surface area contributed by atoms with E-state index in [2.05, 4.69) is 5.32 Å². The van der Waals surface area contributed by atoms with Crippen molar-refractivity contribution in [1.82, 2.24) is 0 Å². The molecular formula is C23H20N2O5. The molecule has 1 heterocycles. The first kappa shape index (κ1) is 18.5. The highest BCUT2D eigenvalue weighted by atomic mass is 16.4. The number of nitrogens with zero attached hydrogens (tertiary/aromatic N) is 1. The van der Waals surface area contributed by atoms with E-state index in [0.29, 0.717) is 23.2 Å². The second kappa shape index (κ2) is 6.79. The summed E-state index contributed by atoms with van der Waals surface area (Å²) in [7, 11) is 0. The number of carbonyl (C=O) groups is 4. The Balaban J connectivity index is 1.34. The minimum atomic E-state index is -1.18. The van der Waals surface area contributed by atoms with Crippen molar-refractivity contribution in [3.05, 3.63) is 59.7 Å². The summed E-state index contributed by atoms with van der Waals surface area (Å²) in [6.45, 7) is 0. The van der Waals surface area contributed by atoms with Gasteiger partial charge in [0, 0.05) is 5.69 Å². The number of carbonyl (C=O) groups excluding carboxylic acids is 3. The minimum Gasteiger partial charge on any atom is -0.478 e. The number of aromatic carboxylic acids is 1. The van der Waals surface area contributed by atoms with Crippen molar-refractivity contribution in [1.29, 1.82) is 0 Å². The summed E-state index contributed by atoms with van der Waals surface area (Å²) in [6.07, 6.45) is 3.05. The summed E-state index contributed by atoms with van der Waals surface area (Å²) >= 11 is 0. The van der Waals surface area contributed by atoms with Crippen LogP contribution < -0.4 is 10.2 Å². The molecule has 1 aliphatic heterocycles. The maximum atomic E-state index is 12.9. The van der Waals surface area contributed by atoms with Crippen molar-refractivity contribution in [3.8, 4) is 0 Å². The maximum absolute atomic E-state index is 12.9. The fourth-order valence-corrected chi connectivity index (χ4v) is 5.42. The molecule has 1 saturated heterocycles. The number of fused-ring (bicyclic) bond motifs is 5. The lowest BCUT2D eigenvalue weighted by Gasteiger charge is -2.19. The Morgan fingerprint density at radius 3 is 2.00 bits per heavy atom. The monoisotopic (exact) mass is 404 g/mol. The predicted molar refractivity (Wildman–Crippen MR) is 108 cm³/mol. The van der Waals surface area contributed by atoms with Crippen molar-refractivity contribution >= 4 is 35.1 Å². The largest absolute Gasteiger partial charge is 0.478 e. The Morgan fingerprint density at radius 2 is 1.43 bits per heavy atom. The zero-order chi connectivity index (χ0) is 21.0. The molecule has 0 spiro atoms. The van der Waals surface area contributed by atoms with Crippen LogP contribution in [0.3, 0.4) is 0 Å². The first-order valence-electron chi connectivity index (χ1n) is 10.1. The van der Waals surface area contributed by atoms with E-state index in [-0.39, 0.29) is 34.8 Å². The molecule has 2 aliphatic carbocycles. The van der Waals surface area contributed by atoms with E-state index in [0.717, 1.165) is 19.3 Å². The zero-order valence-electron chi connectivity index (χ0n) is 16.1. The van der Waals surface area contributed by atoms with Gasteiger partial charge in [-0.05, 0) is 67.5 Å². The van der Waals surface area contributed by atoms with Gasteiger partial charge in [-0.25, -0.2) is 4.79 Å². The molecule has 0 radical (unpaired) electrons. The summed E-state index contributed by atoms with van der Waals surface area (Å²) in [5.74, 6) is -1.63. The number of hydrogen-bond donors (Lipinski definition) is 2. The van der Waals surface area contributed by atoms with Gasteiger partial charge in [0.05, 0.1) is 28.7 Å². The van der Waals surface area contributed by atoms with Crippen LogP contribution in [0.2, 0.25) is 0 Å². The van der Waals surface area contributed by atoms with E-state index in [4.69, 9.17) is 0 Å². The van der Waals surface area contributed by atoms with Gasteiger partial charge in [-0.3, -0.25) is 19.3 Å². The van der Waals surface area contributed by atoms with Gasteiger partial charge in [0.15, 0.2) is 0 Å². The third-order valence-corrected chi connectivity index (χ3v) is 6.71. The number of rotatable bonds is 4. The van der Waals surface area contributed by atoms with Crippen LogP contribution in [-0.2, 0) is 9.59 Å². The highest BCUT2D eigenvalue weighted by Gasteiger charge is 2.61. The van der Waals surface area contributed by atoms with E-state index in [9.17, 15) is 24.3 Å². The predicted octanol–water partition coefficient (Wildman–Crippen LogP) is 3.17. The number of imide groups is 1. The Hall–Kier alpha value is -3.48. The molecule has 4 atom stereocenters. The Kier molecular flexibility index (Phi) is 4.20. The van der Waals surface area contributed by atoms with E-state index in [1.807, 2.05) is 0 Å². The lowest BCUT2D eigenvalue weighted by Crippen LogP contribution is -2.32. The molecular weight excluding hydrogens is 384 g/mol. The minimum absolute atomic E-state index is 0.0577. The van der Waals surface area contributed by atoms with Crippen LogP contribution in [0.1, 0.15) is 40.0 Å². The smallest absolute Gasteiger partial charge is 0.336 e. The number of carboxylic acids is 1. The summed E-state index contributed by atoms with van der Waals surface area (Å²) in [5, 5.41) is 11.9. The van der Waals surface area contributed by atoms with E-state index < -0.39 is 11.9 Å². The van der Waals surface area contributed by atoms with Crippen LogP contribution in [0.5, 0.6) is 0 Å². The Labute approximate surface area is 172 Å². The molecule has 30 heavy (non-hydrogen) atoms. The fraction of sp³-hybridized carbons (Fsp3) is 0.304. The molecule has 0 aromatic heterocycles. The normalized spacial score (nSPS) is 26.7. The second-order valence-electron chi connectivity index (χ2n) is 8.25. The molecule has 3 amide bonds. The number of benzene rings is 2. The van der Waals surface area contributed by atoms with Gasteiger partial charge in [-0.15, -0.1) is 0 Å². The molecule has 3 aliphatic rings. The molecule has 7 nitrogen and oxygen atoms in total. The van der Waals surface area contributed by atoms with E-state index in [1.165, 1.54) is 17.0 Å². The van der Waals surface area contributed by atoms with Crippen LogP contribution in [-0.4, -0.2) is 28.8 Å². The zero-order valence-corrected chi connectivity index (χ0v) is 16.1. The molecule has 2 saturated carbocycles. The van der Waals surface area contributed by atoms with Gasteiger partial charge >= 0.3 is 5.97 Å². The SMILES string of the molecule is O=C(O)c1ccccc1C(=O)Nc1ccc(N2C(=O)[C@@H]3[C@@H]4CC[C@@H](C4)[C@@H]3C2=O)cc1. The highest BCUT2D eigenvalue weighted by Crippen LogP contribution is 2.56.